The molecule has 2 atom stereocenters. The quantitative estimate of drug-likeness (QED) is 0.168. The molecule has 1 aliphatic heterocycles. The summed E-state index contributed by atoms with van der Waals surface area (Å²) >= 11 is 5.84. The molecule has 0 saturated carbocycles. The zero-order valence-corrected chi connectivity index (χ0v) is 22.9. The lowest BCUT2D eigenvalue weighted by molar-refractivity contribution is -0.151. The van der Waals surface area contributed by atoms with Crippen molar-refractivity contribution < 1.29 is 28.2 Å². The van der Waals surface area contributed by atoms with Gasteiger partial charge in [0, 0.05) is 36.5 Å². The van der Waals surface area contributed by atoms with Gasteiger partial charge >= 0.3 is 5.97 Å². The van der Waals surface area contributed by atoms with Gasteiger partial charge in [-0.25, -0.2) is 4.39 Å². The van der Waals surface area contributed by atoms with Crippen LogP contribution in [0.1, 0.15) is 49.5 Å². The molecule has 3 aromatic carbocycles. The summed E-state index contributed by atoms with van der Waals surface area (Å²) in [6, 6.07) is 20.0. The van der Waals surface area contributed by atoms with Crippen LogP contribution in [0.3, 0.4) is 0 Å². The molecule has 1 fully saturated rings. The number of Topliss-reactive ketones (excluding diaryl/α,β-unsaturated/α-hetero) is 1. The fourth-order valence-corrected chi connectivity index (χ4v) is 4.55. The first kappa shape index (κ1) is 28.3. The van der Waals surface area contributed by atoms with E-state index in [-0.39, 0.29) is 42.2 Å². The third-order valence-electron chi connectivity index (χ3n) is 6.61. The number of ketones is 1. The van der Waals surface area contributed by atoms with E-state index in [2.05, 4.69) is 20.8 Å². The first-order chi connectivity index (χ1) is 18.5. The topological polar surface area (TPSA) is 72.9 Å². The van der Waals surface area contributed by atoms with Crippen molar-refractivity contribution in [1.82, 2.24) is 0 Å². The summed E-state index contributed by atoms with van der Waals surface area (Å²) in [6.45, 7) is 6.58. The number of nitrogens with zero attached hydrogens (tertiary/aromatic N) is 1. The van der Waals surface area contributed by atoms with E-state index in [0.717, 1.165) is 0 Å². The minimum Gasteiger partial charge on any atom is -0.457 e. The number of hydrogen-bond donors (Lipinski definition) is 0. The molecular weight excluding hydrogens is 521 g/mol. The third-order valence-corrected chi connectivity index (χ3v) is 6.83. The smallest absolute Gasteiger partial charge is 0.312 e. The highest BCUT2D eigenvalue weighted by atomic mass is 35.5. The molecule has 39 heavy (non-hydrogen) atoms. The van der Waals surface area contributed by atoms with Gasteiger partial charge in [0.1, 0.15) is 17.3 Å². The van der Waals surface area contributed by atoms with E-state index < -0.39 is 29.6 Å². The van der Waals surface area contributed by atoms with Crippen molar-refractivity contribution in [3.63, 3.8) is 0 Å². The normalized spacial score (nSPS) is 16.2. The van der Waals surface area contributed by atoms with E-state index in [1.165, 1.54) is 34.7 Å². The van der Waals surface area contributed by atoms with Crippen molar-refractivity contribution in [1.29, 1.82) is 0 Å². The third kappa shape index (κ3) is 7.03. The van der Waals surface area contributed by atoms with Gasteiger partial charge in [0.2, 0.25) is 11.7 Å². The van der Waals surface area contributed by atoms with Gasteiger partial charge < -0.3 is 14.4 Å². The van der Waals surface area contributed by atoms with Crippen LogP contribution in [0, 0.1) is 11.7 Å². The Balaban J connectivity index is 1.37. The summed E-state index contributed by atoms with van der Waals surface area (Å²) in [6.07, 6.45) is -1.04. The Hall–Kier alpha value is -3.71. The average molecular weight is 552 g/mol. The molecule has 1 aliphatic rings. The van der Waals surface area contributed by atoms with Gasteiger partial charge in [-0.2, -0.15) is 0 Å². The van der Waals surface area contributed by atoms with Gasteiger partial charge in [0.05, 0.1) is 5.92 Å². The zero-order valence-electron chi connectivity index (χ0n) is 22.2. The highest BCUT2D eigenvalue weighted by molar-refractivity contribution is 6.18. The Morgan fingerprint density at radius 1 is 0.974 bits per heavy atom. The Bertz CT molecular complexity index is 1320. The molecule has 1 amide bonds. The molecule has 4 rings (SSSR count). The van der Waals surface area contributed by atoms with Gasteiger partial charge in [-0.3, -0.25) is 14.4 Å². The SMILES string of the molecule is CC(C)(C)c1ccc(Oc2ccc(N3C[C@H](C(=O)O[C@H](CCCl)C(=O)c4ccc(F)cc4)CC3=O)cc2)cc1. The van der Waals surface area contributed by atoms with Crippen LogP contribution < -0.4 is 9.64 Å². The highest BCUT2D eigenvalue weighted by Crippen LogP contribution is 2.31. The number of carbonyl (C=O) groups excluding carboxylic acids is 3. The van der Waals surface area contributed by atoms with E-state index in [1.807, 2.05) is 24.3 Å². The first-order valence-corrected chi connectivity index (χ1v) is 13.3. The summed E-state index contributed by atoms with van der Waals surface area (Å²) in [5, 5.41) is 0. The average Bonchev–Trinajstić information content (AvgIpc) is 3.30. The number of ether oxygens (including phenoxy) is 2. The number of halogens is 2. The standard InChI is InChI=1S/C31H31ClFNO5/c1-31(2,3)22-6-12-25(13-7-22)38-26-14-10-24(11-15-26)34-19-21(18-28(34)35)30(37)39-27(16-17-32)29(36)20-4-8-23(33)9-5-20/h4-15,21,27H,16-19H2,1-3H3/t21-,27-/m1/s1. The molecule has 0 radical (unpaired) electrons. The maximum absolute atomic E-state index is 13.2. The first-order valence-electron chi connectivity index (χ1n) is 12.8. The predicted octanol–water partition coefficient (Wildman–Crippen LogP) is 6.69. The molecule has 0 aliphatic carbocycles. The number of esters is 1. The summed E-state index contributed by atoms with van der Waals surface area (Å²) < 4.78 is 24.7. The lowest BCUT2D eigenvalue weighted by atomic mass is 9.87. The van der Waals surface area contributed by atoms with Crippen molar-refractivity contribution >= 4 is 34.9 Å². The number of amides is 1. The Morgan fingerprint density at radius 2 is 1.56 bits per heavy atom. The molecule has 6 nitrogen and oxygen atoms in total. The zero-order chi connectivity index (χ0) is 28.2. The second-order valence-corrected chi connectivity index (χ2v) is 10.9. The minimum absolute atomic E-state index is 0.0322. The van der Waals surface area contributed by atoms with Crippen molar-refractivity contribution in [3.8, 4) is 11.5 Å². The number of hydrogen-bond acceptors (Lipinski definition) is 5. The summed E-state index contributed by atoms with van der Waals surface area (Å²) in [5.41, 5.74) is 2.11. The molecule has 0 N–H and O–H groups in total. The number of alkyl halides is 1. The van der Waals surface area contributed by atoms with Crippen LogP contribution in [0.2, 0.25) is 0 Å². The maximum Gasteiger partial charge on any atom is 0.312 e. The van der Waals surface area contributed by atoms with Crippen molar-refractivity contribution in [2.45, 2.75) is 45.1 Å². The number of rotatable bonds is 9. The van der Waals surface area contributed by atoms with Crippen molar-refractivity contribution in [3.05, 3.63) is 89.7 Å². The monoisotopic (exact) mass is 551 g/mol. The number of carbonyl (C=O) groups is 3. The Kier molecular flexibility index (Phi) is 8.70. The lowest BCUT2D eigenvalue weighted by Gasteiger charge is -2.20. The van der Waals surface area contributed by atoms with E-state index in [1.54, 1.807) is 24.3 Å². The van der Waals surface area contributed by atoms with Crippen LogP contribution in [-0.4, -0.2) is 36.2 Å². The van der Waals surface area contributed by atoms with E-state index in [4.69, 9.17) is 21.1 Å². The van der Waals surface area contributed by atoms with Crippen molar-refractivity contribution in [2.24, 2.45) is 5.92 Å². The van der Waals surface area contributed by atoms with Crippen LogP contribution >= 0.6 is 11.6 Å². The van der Waals surface area contributed by atoms with Crippen LogP contribution in [0.25, 0.3) is 0 Å². The summed E-state index contributed by atoms with van der Waals surface area (Å²) in [7, 11) is 0. The lowest BCUT2D eigenvalue weighted by Crippen LogP contribution is -2.32. The molecule has 0 aromatic heterocycles. The molecule has 3 aromatic rings. The predicted molar refractivity (Wildman–Crippen MR) is 148 cm³/mol. The molecule has 1 heterocycles. The summed E-state index contributed by atoms with van der Waals surface area (Å²) in [4.78, 5) is 40.0. The maximum atomic E-state index is 13.2. The van der Waals surface area contributed by atoms with Gasteiger partial charge in [-0.05, 0) is 71.6 Å². The van der Waals surface area contributed by atoms with Crippen LogP contribution in [0.4, 0.5) is 10.1 Å². The fraction of sp³-hybridized carbons (Fsp3) is 0.323. The molecule has 204 valence electrons. The van der Waals surface area contributed by atoms with Crippen LogP contribution in [0.15, 0.2) is 72.8 Å². The van der Waals surface area contributed by atoms with Gasteiger partial charge in [0.15, 0.2) is 6.10 Å². The number of anilines is 1. The largest absolute Gasteiger partial charge is 0.457 e. The molecule has 8 heteroatoms. The Morgan fingerprint density at radius 3 is 2.13 bits per heavy atom. The molecule has 1 saturated heterocycles. The van der Waals surface area contributed by atoms with E-state index >= 15 is 0 Å². The molecule has 0 bridgehead atoms. The second kappa shape index (κ2) is 12.0. The van der Waals surface area contributed by atoms with Crippen LogP contribution in [-0.2, 0) is 19.7 Å². The molecular formula is C31H31ClFNO5. The minimum atomic E-state index is -1.11. The highest BCUT2D eigenvalue weighted by Gasteiger charge is 2.38. The summed E-state index contributed by atoms with van der Waals surface area (Å²) in [5.74, 6) is -1.11. The molecule has 0 spiro atoms. The van der Waals surface area contributed by atoms with Crippen molar-refractivity contribution in [2.75, 3.05) is 17.3 Å². The van der Waals surface area contributed by atoms with Gasteiger partial charge in [-0.15, -0.1) is 11.6 Å². The van der Waals surface area contributed by atoms with Gasteiger partial charge in [0.25, 0.3) is 0 Å². The van der Waals surface area contributed by atoms with Crippen LogP contribution in [0.5, 0.6) is 11.5 Å². The number of benzene rings is 3. The van der Waals surface area contributed by atoms with E-state index in [9.17, 15) is 18.8 Å². The fourth-order valence-electron chi connectivity index (χ4n) is 4.35. The van der Waals surface area contributed by atoms with E-state index in [0.29, 0.717) is 17.2 Å². The second-order valence-electron chi connectivity index (χ2n) is 10.6. The Labute approximate surface area is 232 Å². The van der Waals surface area contributed by atoms with Gasteiger partial charge in [-0.1, -0.05) is 32.9 Å². The molecule has 0 unspecified atom stereocenters.